The van der Waals surface area contributed by atoms with E-state index in [4.69, 9.17) is 0 Å². The van der Waals surface area contributed by atoms with Crippen molar-refractivity contribution in [1.29, 1.82) is 0 Å². The monoisotopic (exact) mass is 287 g/mol. The summed E-state index contributed by atoms with van der Waals surface area (Å²) >= 11 is 0. The summed E-state index contributed by atoms with van der Waals surface area (Å²) in [5.74, 6) is 2.29. The van der Waals surface area contributed by atoms with Gasteiger partial charge in [-0.05, 0) is 37.6 Å². The van der Waals surface area contributed by atoms with Gasteiger partial charge in [0.25, 0.3) is 0 Å². The van der Waals surface area contributed by atoms with Crippen LogP contribution in [0.25, 0.3) is 0 Å². The van der Waals surface area contributed by atoms with E-state index in [2.05, 4.69) is 33.0 Å². The first kappa shape index (κ1) is 17.2. The molecule has 5 unspecified atom stereocenters. The molecule has 0 saturated heterocycles. The fourth-order valence-corrected chi connectivity index (χ4v) is 5.32. The molecular formula is C16H33NOS. The summed E-state index contributed by atoms with van der Waals surface area (Å²) in [5.41, 5.74) is 0. The molecule has 1 aliphatic rings. The van der Waals surface area contributed by atoms with Crippen molar-refractivity contribution in [3.05, 3.63) is 0 Å². The Kier molecular flexibility index (Phi) is 8.24. The van der Waals surface area contributed by atoms with Gasteiger partial charge in [-0.2, -0.15) is 0 Å². The van der Waals surface area contributed by atoms with Gasteiger partial charge in [0, 0.05) is 22.6 Å². The van der Waals surface area contributed by atoms with E-state index >= 15 is 0 Å². The maximum Gasteiger partial charge on any atom is 0.0503 e. The quantitative estimate of drug-likeness (QED) is 0.737. The Morgan fingerprint density at radius 2 is 2.00 bits per heavy atom. The molecule has 0 aromatic rings. The zero-order chi connectivity index (χ0) is 14.3. The highest BCUT2D eigenvalue weighted by molar-refractivity contribution is 7.85. The summed E-state index contributed by atoms with van der Waals surface area (Å²) in [5, 5.41) is 3.96. The van der Waals surface area contributed by atoms with E-state index in [9.17, 15) is 4.21 Å². The zero-order valence-electron chi connectivity index (χ0n) is 13.3. The molecule has 2 nitrogen and oxygen atoms in total. The minimum absolute atomic E-state index is 0.388. The molecule has 1 saturated carbocycles. The number of hydrogen-bond acceptors (Lipinski definition) is 2. The second-order valence-corrected chi connectivity index (χ2v) is 7.93. The first-order valence-corrected chi connectivity index (χ1v) is 9.61. The number of rotatable bonds is 8. The average Bonchev–Trinajstić information content (AvgIpc) is 2.40. The molecule has 1 N–H and O–H groups in total. The lowest BCUT2D eigenvalue weighted by atomic mass is 9.83. The van der Waals surface area contributed by atoms with E-state index < -0.39 is 10.8 Å². The second-order valence-electron chi connectivity index (χ2n) is 6.23. The summed E-state index contributed by atoms with van der Waals surface area (Å²) in [4.78, 5) is 0. The van der Waals surface area contributed by atoms with Crippen LogP contribution in [0.2, 0.25) is 0 Å². The van der Waals surface area contributed by atoms with Gasteiger partial charge in [-0.3, -0.25) is 4.21 Å². The van der Waals surface area contributed by atoms with E-state index in [0.717, 1.165) is 24.6 Å². The van der Waals surface area contributed by atoms with Crippen LogP contribution in [-0.2, 0) is 10.8 Å². The Bertz CT molecular complexity index is 269. The first-order chi connectivity index (χ1) is 9.12. The minimum Gasteiger partial charge on any atom is -0.313 e. The zero-order valence-corrected chi connectivity index (χ0v) is 14.1. The Morgan fingerprint density at radius 1 is 1.26 bits per heavy atom. The van der Waals surface area contributed by atoms with Crippen molar-refractivity contribution >= 4 is 10.8 Å². The van der Waals surface area contributed by atoms with Crippen molar-refractivity contribution in [3.63, 3.8) is 0 Å². The van der Waals surface area contributed by atoms with Crippen LogP contribution in [0.1, 0.15) is 66.2 Å². The van der Waals surface area contributed by atoms with Crippen molar-refractivity contribution in [2.45, 2.75) is 77.5 Å². The van der Waals surface area contributed by atoms with Gasteiger partial charge in [-0.1, -0.05) is 47.0 Å². The minimum atomic E-state index is -0.655. The largest absolute Gasteiger partial charge is 0.313 e. The Labute approximate surface area is 122 Å². The summed E-state index contributed by atoms with van der Waals surface area (Å²) in [6.07, 6.45) is 7.44. The predicted octanol–water partition coefficient (Wildman–Crippen LogP) is 3.73. The fourth-order valence-electron chi connectivity index (χ4n) is 3.19. The van der Waals surface area contributed by atoms with Gasteiger partial charge in [-0.15, -0.1) is 0 Å². The maximum absolute atomic E-state index is 12.7. The summed E-state index contributed by atoms with van der Waals surface area (Å²) in [6.45, 7) is 9.85. The third-order valence-electron chi connectivity index (χ3n) is 4.55. The summed E-state index contributed by atoms with van der Waals surface area (Å²) < 4.78 is 12.7. The van der Waals surface area contributed by atoms with Crippen molar-refractivity contribution in [3.8, 4) is 0 Å². The molecule has 3 heteroatoms. The van der Waals surface area contributed by atoms with E-state index in [1.807, 2.05) is 0 Å². The van der Waals surface area contributed by atoms with Crippen molar-refractivity contribution in [2.24, 2.45) is 11.8 Å². The van der Waals surface area contributed by atoms with Crippen LogP contribution in [0.3, 0.4) is 0 Å². The van der Waals surface area contributed by atoms with Crippen LogP contribution >= 0.6 is 0 Å². The normalized spacial score (nSPS) is 31.1. The van der Waals surface area contributed by atoms with Gasteiger partial charge in [0.2, 0.25) is 0 Å². The van der Waals surface area contributed by atoms with Crippen LogP contribution in [-0.4, -0.2) is 27.8 Å². The van der Waals surface area contributed by atoms with Crippen LogP contribution < -0.4 is 5.32 Å². The fraction of sp³-hybridized carbons (Fsp3) is 1.00. The second kappa shape index (κ2) is 9.12. The highest BCUT2D eigenvalue weighted by Crippen LogP contribution is 2.31. The molecule has 1 rings (SSSR count). The molecule has 5 atom stereocenters. The Hall–Kier alpha value is 0.110. The molecular weight excluding hydrogens is 254 g/mol. The Morgan fingerprint density at radius 3 is 2.58 bits per heavy atom. The van der Waals surface area contributed by atoms with Crippen molar-refractivity contribution in [1.82, 2.24) is 5.32 Å². The van der Waals surface area contributed by atoms with Gasteiger partial charge < -0.3 is 5.32 Å². The van der Waals surface area contributed by atoms with Gasteiger partial charge in [0.1, 0.15) is 0 Å². The highest BCUT2D eigenvalue weighted by atomic mass is 32.2. The van der Waals surface area contributed by atoms with Crippen LogP contribution in [0.5, 0.6) is 0 Å². The lowest BCUT2D eigenvalue weighted by molar-refractivity contribution is 0.286. The van der Waals surface area contributed by atoms with Gasteiger partial charge >= 0.3 is 0 Å². The summed E-state index contributed by atoms with van der Waals surface area (Å²) in [6, 6.07) is 0.489. The molecule has 0 bridgehead atoms. The third-order valence-corrected chi connectivity index (χ3v) is 6.64. The van der Waals surface area contributed by atoms with Crippen LogP contribution in [0, 0.1) is 11.8 Å². The summed E-state index contributed by atoms with van der Waals surface area (Å²) in [7, 11) is -0.655. The lowest BCUT2D eigenvalue weighted by Gasteiger charge is -2.36. The first-order valence-electron chi connectivity index (χ1n) is 8.22. The molecule has 0 radical (unpaired) electrons. The van der Waals surface area contributed by atoms with E-state index in [-0.39, 0.29) is 0 Å². The molecule has 0 aliphatic heterocycles. The molecule has 19 heavy (non-hydrogen) atoms. The predicted molar refractivity (Wildman–Crippen MR) is 86.0 cm³/mol. The molecule has 0 aromatic heterocycles. The average molecular weight is 288 g/mol. The molecule has 0 heterocycles. The maximum atomic E-state index is 12.7. The van der Waals surface area contributed by atoms with Crippen LogP contribution in [0.4, 0.5) is 0 Å². The van der Waals surface area contributed by atoms with Gasteiger partial charge in [-0.25, -0.2) is 0 Å². The Balaban J connectivity index is 2.62. The molecule has 114 valence electrons. The molecule has 1 fully saturated rings. The van der Waals surface area contributed by atoms with E-state index in [1.54, 1.807) is 0 Å². The lowest BCUT2D eigenvalue weighted by Crippen LogP contribution is -2.47. The van der Waals surface area contributed by atoms with E-state index in [0.29, 0.717) is 17.2 Å². The van der Waals surface area contributed by atoms with Crippen molar-refractivity contribution in [2.75, 3.05) is 12.3 Å². The third kappa shape index (κ3) is 5.55. The standard InChI is InChI=1S/C16H33NOS/c1-5-8-14-9-10-15(17-7-3)16(11-14)19(18)12-13(4)6-2/h13-17H,5-12H2,1-4H3. The number of nitrogens with one attached hydrogen (secondary N) is 1. The SMILES string of the molecule is CCCC1CCC(NCC)C(S(=O)CC(C)CC)C1. The van der Waals surface area contributed by atoms with E-state index in [1.165, 1.54) is 32.1 Å². The van der Waals surface area contributed by atoms with Gasteiger partial charge in [0.15, 0.2) is 0 Å². The highest BCUT2D eigenvalue weighted by Gasteiger charge is 2.33. The molecule has 0 amide bonds. The van der Waals surface area contributed by atoms with Gasteiger partial charge in [0.05, 0.1) is 5.25 Å². The number of hydrogen-bond donors (Lipinski definition) is 1. The smallest absolute Gasteiger partial charge is 0.0503 e. The van der Waals surface area contributed by atoms with Crippen molar-refractivity contribution < 1.29 is 4.21 Å². The molecule has 0 aromatic carbocycles. The molecule has 0 spiro atoms. The molecule has 1 aliphatic carbocycles. The topological polar surface area (TPSA) is 29.1 Å². The van der Waals surface area contributed by atoms with Crippen LogP contribution in [0.15, 0.2) is 0 Å².